The van der Waals surface area contributed by atoms with E-state index in [1.54, 1.807) is 22.2 Å². The van der Waals surface area contributed by atoms with Crippen molar-refractivity contribution in [1.29, 1.82) is 0 Å². The monoisotopic (exact) mass is 482 g/mol. The van der Waals surface area contributed by atoms with E-state index in [4.69, 9.17) is 5.21 Å². The predicted octanol–water partition coefficient (Wildman–Crippen LogP) is 4.15. The third-order valence-corrected chi connectivity index (χ3v) is 5.60. The number of imidazole rings is 1. The quantitative estimate of drug-likeness (QED) is 0.154. The first-order chi connectivity index (χ1) is 16.9. The van der Waals surface area contributed by atoms with Crippen LogP contribution in [0, 0.1) is 11.6 Å². The number of aromatic nitrogens is 4. The number of carbonyl (C=O) groups is 2. The maximum Gasteiger partial charge on any atom is 0.243 e. The average Bonchev–Trinajstić information content (AvgIpc) is 3.47. The first-order valence-corrected chi connectivity index (χ1v) is 11.1. The number of anilines is 1. The van der Waals surface area contributed by atoms with Crippen LogP contribution in [-0.2, 0) is 16.1 Å². The summed E-state index contributed by atoms with van der Waals surface area (Å²) in [5.41, 5.74) is 4.33. The minimum absolute atomic E-state index is 0.00653. The molecular weight excluding hydrogens is 458 g/mol. The Kier molecular flexibility index (Phi) is 7.46. The number of benzene rings is 2. The van der Waals surface area contributed by atoms with E-state index < -0.39 is 17.5 Å². The van der Waals surface area contributed by atoms with Gasteiger partial charge in [0.15, 0.2) is 5.82 Å². The zero-order valence-electron chi connectivity index (χ0n) is 18.7. The fraction of sp³-hybridized carbons (Fsp3) is 0.250. The second kappa shape index (κ2) is 10.9. The summed E-state index contributed by atoms with van der Waals surface area (Å²) in [5.74, 6) is -1.51. The summed E-state index contributed by atoms with van der Waals surface area (Å²) in [6, 6.07) is 10.9. The van der Waals surface area contributed by atoms with E-state index in [0.717, 1.165) is 5.56 Å². The molecule has 4 N–H and O–H groups in total. The van der Waals surface area contributed by atoms with Crippen LogP contribution in [0.2, 0.25) is 0 Å². The highest BCUT2D eigenvalue weighted by Gasteiger charge is 2.13. The van der Waals surface area contributed by atoms with Gasteiger partial charge in [-0.05, 0) is 37.1 Å². The minimum atomic E-state index is -0.618. The van der Waals surface area contributed by atoms with Gasteiger partial charge in [0.25, 0.3) is 0 Å². The third kappa shape index (κ3) is 5.87. The van der Waals surface area contributed by atoms with E-state index in [1.807, 2.05) is 12.1 Å². The molecule has 2 amide bonds. The number of nitrogens with one attached hydrogen (secondary N) is 3. The molecule has 2 aromatic carbocycles. The van der Waals surface area contributed by atoms with Crippen molar-refractivity contribution in [2.45, 2.75) is 38.6 Å². The van der Waals surface area contributed by atoms with Gasteiger partial charge in [-0.15, -0.1) is 0 Å². The zero-order valence-corrected chi connectivity index (χ0v) is 18.7. The number of halogens is 2. The van der Waals surface area contributed by atoms with Crippen LogP contribution >= 0.6 is 0 Å². The number of rotatable bonds is 10. The summed E-state index contributed by atoms with van der Waals surface area (Å²) >= 11 is 0. The van der Waals surface area contributed by atoms with Gasteiger partial charge in [0.1, 0.15) is 11.6 Å². The van der Waals surface area contributed by atoms with Crippen molar-refractivity contribution in [3.63, 3.8) is 0 Å². The Labute approximate surface area is 199 Å². The molecule has 0 atom stereocenters. The van der Waals surface area contributed by atoms with Crippen molar-refractivity contribution in [2.24, 2.45) is 0 Å². The van der Waals surface area contributed by atoms with Gasteiger partial charge in [-0.25, -0.2) is 19.2 Å². The largest absolute Gasteiger partial charge is 0.326 e. The normalized spacial score (nSPS) is 11.1. The molecule has 0 fully saturated rings. The van der Waals surface area contributed by atoms with Crippen LogP contribution in [0.5, 0.6) is 0 Å². The van der Waals surface area contributed by atoms with E-state index in [1.165, 1.54) is 24.5 Å². The van der Waals surface area contributed by atoms with Gasteiger partial charge < -0.3 is 9.88 Å². The minimum Gasteiger partial charge on any atom is -0.326 e. The second-order valence-corrected chi connectivity index (χ2v) is 8.09. The Morgan fingerprint density at radius 3 is 2.49 bits per heavy atom. The van der Waals surface area contributed by atoms with Crippen molar-refractivity contribution >= 4 is 28.7 Å². The molecule has 2 aromatic heterocycles. The van der Waals surface area contributed by atoms with Gasteiger partial charge in [0.05, 0.1) is 29.6 Å². The fourth-order valence-electron chi connectivity index (χ4n) is 3.75. The topological polar surface area (TPSA) is 125 Å². The Balaban J connectivity index is 1.40. The van der Waals surface area contributed by atoms with Crippen LogP contribution < -0.4 is 10.8 Å². The van der Waals surface area contributed by atoms with Gasteiger partial charge in [-0.2, -0.15) is 5.10 Å². The van der Waals surface area contributed by atoms with Crippen LogP contribution in [0.15, 0.2) is 48.8 Å². The number of hydrogen-bond acceptors (Lipinski definition) is 5. The molecule has 182 valence electrons. The number of hydroxylamine groups is 1. The highest BCUT2D eigenvalue weighted by Crippen LogP contribution is 2.25. The first kappa shape index (κ1) is 24.0. The lowest BCUT2D eigenvalue weighted by atomic mass is 10.1. The number of unbranched alkanes of at least 4 members (excludes halogenated alkanes) is 2. The van der Waals surface area contributed by atoms with E-state index in [2.05, 4.69) is 20.5 Å². The van der Waals surface area contributed by atoms with Gasteiger partial charge >= 0.3 is 0 Å². The molecule has 9 nitrogen and oxygen atoms in total. The molecule has 0 aliphatic carbocycles. The summed E-state index contributed by atoms with van der Waals surface area (Å²) in [6.45, 7) is -0.00653. The number of hydrogen-bond donors (Lipinski definition) is 4. The molecule has 2 heterocycles. The lowest BCUT2D eigenvalue weighted by molar-refractivity contribution is -0.129. The summed E-state index contributed by atoms with van der Waals surface area (Å²) in [6.07, 6.45) is 3.88. The Morgan fingerprint density at radius 2 is 1.74 bits per heavy atom. The third-order valence-electron chi connectivity index (χ3n) is 5.60. The Morgan fingerprint density at radius 1 is 1.00 bits per heavy atom. The van der Waals surface area contributed by atoms with Crippen LogP contribution in [0.25, 0.3) is 22.3 Å². The second-order valence-electron chi connectivity index (χ2n) is 8.09. The number of nitrogens with zero attached hydrogens (tertiary/aromatic N) is 3. The van der Waals surface area contributed by atoms with Crippen molar-refractivity contribution in [3.05, 3.63) is 66.0 Å². The molecule has 0 aliphatic rings. The first-order valence-electron chi connectivity index (χ1n) is 11.1. The van der Waals surface area contributed by atoms with Crippen LogP contribution in [0.1, 0.15) is 37.7 Å². The smallest absolute Gasteiger partial charge is 0.243 e. The standard InChI is InChI=1S/C24H24F2N6O3/c25-17-5-4-6-18(26)16(17)13-32-14-27-19-10-9-15(11-21(19)32)20-12-22(30-29-20)28-23(33)7-2-1-3-8-24(34)31-35/h4-6,9-12,14,35H,1-3,7-8,13H2,(H,31,34)(H2,28,29,30,33). The maximum absolute atomic E-state index is 14.1. The maximum atomic E-state index is 14.1. The van der Waals surface area contributed by atoms with E-state index >= 15 is 0 Å². The molecule has 35 heavy (non-hydrogen) atoms. The Hall–Kier alpha value is -4.12. The van der Waals surface area contributed by atoms with Crippen molar-refractivity contribution in [3.8, 4) is 11.3 Å². The number of H-pyrrole nitrogens is 1. The molecule has 4 rings (SSSR count). The number of aromatic amines is 1. The number of carbonyl (C=O) groups excluding carboxylic acids is 2. The highest BCUT2D eigenvalue weighted by atomic mass is 19.1. The van der Waals surface area contributed by atoms with E-state index in [9.17, 15) is 18.4 Å². The van der Waals surface area contributed by atoms with Gasteiger partial charge in [-0.3, -0.25) is 19.9 Å². The van der Waals surface area contributed by atoms with Crippen LogP contribution in [-0.4, -0.2) is 36.8 Å². The molecule has 11 heteroatoms. The van der Waals surface area contributed by atoms with Crippen molar-refractivity contribution < 1.29 is 23.6 Å². The highest BCUT2D eigenvalue weighted by molar-refractivity contribution is 5.90. The Bertz CT molecular complexity index is 1330. The average molecular weight is 482 g/mol. The molecule has 0 aliphatic heterocycles. The molecule has 0 saturated heterocycles. The number of amides is 2. The van der Waals surface area contributed by atoms with Gasteiger partial charge in [0.2, 0.25) is 11.8 Å². The molecule has 0 saturated carbocycles. The van der Waals surface area contributed by atoms with E-state index in [0.29, 0.717) is 41.8 Å². The summed E-state index contributed by atoms with van der Waals surface area (Å²) < 4.78 is 29.9. The molecule has 0 unspecified atom stereocenters. The molecular formula is C24H24F2N6O3. The van der Waals surface area contributed by atoms with E-state index in [-0.39, 0.29) is 30.9 Å². The number of fused-ring (bicyclic) bond motifs is 1. The summed E-state index contributed by atoms with van der Waals surface area (Å²) in [4.78, 5) is 27.4. The van der Waals surface area contributed by atoms with Crippen molar-refractivity contribution in [1.82, 2.24) is 25.2 Å². The zero-order chi connectivity index (χ0) is 24.8. The SMILES string of the molecule is O=C(CCCCCC(=O)Nc1cc(-c2ccc3ncn(Cc4c(F)cccc4F)c3c2)[nH]n1)NO. The van der Waals surface area contributed by atoms with Gasteiger partial charge in [-0.1, -0.05) is 18.6 Å². The lowest BCUT2D eigenvalue weighted by Crippen LogP contribution is -2.17. The lowest BCUT2D eigenvalue weighted by Gasteiger charge is -2.08. The summed E-state index contributed by atoms with van der Waals surface area (Å²) in [5, 5.41) is 18.2. The molecule has 0 spiro atoms. The fourth-order valence-corrected chi connectivity index (χ4v) is 3.75. The summed E-state index contributed by atoms with van der Waals surface area (Å²) in [7, 11) is 0. The van der Waals surface area contributed by atoms with Crippen LogP contribution in [0.3, 0.4) is 0 Å². The van der Waals surface area contributed by atoms with Crippen molar-refractivity contribution in [2.75, 3.05) is 5.32 Å². The molecule has 4 aromatic rings. The predicted molar refractivity (Wildman–Crippen MR) is 124 cm³/mol. The molecule has 0 radical (unpaired) electrons. The van der Waals surface area contributed by atoms with Crippen LogP contribution in [0.4, 0.5) is 14.6 Å². The van der Waals surface area contributed by atoms with Gasteiger partial charge in [0, 0.05) is 30.0 Å². The molecule has 0 bridgehead atoms.